The van der Waals surface area contributed by atoms with E-state index >= 15 is 0 Å². The summed E-state index contributed by atoms with van der Waals surface area (Å²) in [5.41, 5.74) is 2.93. The maximum Gasteiger partial charge on any atom is 0.198 e. The third-order valence-corrected chi connectivity index (χ3v) is 3.08. The summed E-state index contributed by atoms with van der Waals surface area (Å²) in [5, 5.41) is 10.9. The SMILES string of the molecule is CCCCCN=Cc1c(O)[nH]c2cc(C)ccc12. The number of nitrogens with zero attached hydrogens (tertiary/aromatic N) is 1. The summed E-state index contributed by atoms with van der Waals surface area (Å²) in [4.78, 5) is 7.36. The molecule has 0 unspecified atom stereocenters. The van der Waals surface area contributed by atoms with Crippen molar-refractivity contribution in [1.29, 1.82) is 0 Å². The maximum absolute atomic E-state index is 9.88. The number of unbranched alkanes of at least 4 members (excludes halogenated alkanes) is 2. The number of H-pyrrole nitrogens is 1. The predicted molar refractivity (Wildman–Crippen MR) is 76.7 cm³/mol. The Bertz CT molecular complexity index is 555. The topological polar surface area (TPSA) is 48.4 Å². The summed E-state index contributed by atoms with van der Waals surface area (Å²) in [6.45, 7) is 5.04. The second-order valence-corrected chi connectivity index (χ2v) is 4.68. The van der Waals surface area contributed by atoms with Gasteiger partial charge in [0.25, 0.3) is 0 Å². The Morgan fingerprint density at radius 3 is 2.94 bits per heavy atom. The number of hydrogen-bond acceptors (Lipinski definition) is 2. The van der Waals surface area contributed by atoms with Gasteiger partial charge in [-0.2, -0.15) is 0 Å². The van der Waals surface area contributed by atoms with Crippen LogP contribution in [0.1, 0.15) is 37.3 Å². The molecule has 3 heteroatoms. The lowest BCUT2D eigenvalue weighted by molar-refractivity contribution is 0.457. The van der Waals surface area contributed by atoms with Gasteiger partial charge in [0.1, 0.15) is 0 Å². The van der Waals surface area contributed by atoms with Crippen LogP contribution in [0.5, 0.6) is 5.88 Å². The minimum Gasteiger partial charge on any atom is -0.494 e. The number of aryl methyl sites for hydroxylation is 1. The lowest BCUT2D eigenvalue weighted by Crippen LogP contribution is -1.84. The number of aromatic amines is 1. The summed E-state index contributed by atoms with van der Waals surface area (Å²) >= 11 is 0. The number of aromatic nitrogens is 1. The molecule has 3 nitrogen and oxygen atoms in total. The highest BCUT2D eigenvalue weighted by Crippen LogP contribution is 2.26. The zero-order valence-corrected chi connectivity index (χ0v) is 11.0. The Morgan fingerprint density at radius 1 is 1.33 bits per heavy atom. The highest BCUT2D eigenvalue weighted by Gasteiger charge is 2.08. The van der Waals surface area contributed by atoms with Gasteiger partial charge in [-0.25, -0.2) is 0 Å². The summed E-state index contributed by atoms with van der Waals surface area (Å²) < 4.78 is 0. The van der Waals surface area contributed by atoms with Gasteiger partial charge in [0.15, 0.2) is 5.88 Å². The first kappa shape index (κ1) is 12.7. The summed E-state index contributed by atoms with van der Waals surface area (Å²) in [6, 6.07) is 6.10. The normalized spacial score (nSPS) is 11.7. The molecule has 0 saturated carbocycles. The summed E-state index contributed by atoms with van der Waals surface area (Å²) in [6.07, 6.45) is 5.29. The molecule has 0 saturated heterocycles. The molecule has 18 heavy (non-hydrogen) atoms. The molecule has 0 amide bonds. The molecule has 1 heterocycles. The zero-order chi connectivity index (χ0) is 13.0. The average molecular weight is 244 g/mol. The average Bonchev–Trinajstić information content (AvgIpc) is 2.64. The first-order chi connectivity index (χ1) is 8.72. The van der Waals surface area contributed by atoms with Crippen LogP contribution in [-0.2, 0) is 0 Å². The molecular weight excluding hydrogens is 224 g/mol. The van der Waals surface area contributed by atoms with Crippen molar-refractivity contribution in [1.82, 2.24) is 4.98 Å². The van der Waals surface area contributed by atoms with E-state index in [2.05, 4.69) is 16.9 Å². The second-order valence-electron chi connectivity index (χ2n) is 4.68. The van der Waals surface area contributed by atoms with E-state index in [1.807, 2.05) is 25.1 Å². The smallest absolute Gasteiger partial charge is 0.198 e. The van der Waals surface area contributed by atoms with Crippen molar-refractivity contribution in [2.45, 2.75) is 33.1 Å². The number of benzene rings is 1. The molecule has 0 atom stereocenters. The Labute approximate surface area is 108 Å². The van der Waals surface area contributed by atoms with Crippen LogP contribution in [0, 0.1) is 6.92 Å². The zero-order valence-electron chi connectivity index (χ0n) is 11.0. The van der Waals surface area contributed by atoms with Gasteiger partial charge in [0.2, 0.25) is 0 Å². The maximum atomic E-state index is 9.88. The Balaban J connectivity index is 2.19. The van der Waals surface area contributed by atoms with E-state index in [1.54, 1.807) is 6.21 Å². The fraction of sp³-hybridized carbons (Fsp3) is 0.400. The molecule has 0 spiro atoms. The molecular formula is C15H20N2O. The van der Waals surface area contributed by atoms with Gasteiger partial charge in [0.05, 0.1) is 5.56 Å². The highest BCUT2D eigenvalue weighted by atomic mass is 16.3. The molecule has 2 aromatic rings. The summed E-state index contributed by atoms with van der Waals surface area (Å²) in [5.74, 6) is 0.204. The molecule has 2 N–H and O–H groups in total. The minimum absolute atomic E-state index is 0.204. The number of fused-ring (bicyclic) bond motifs is 1. The van der Waals surface area contributed by atoms with Crippen molar-refractivity contribution in [2.24, 2.45) is 4.99 Å². The first-order valence-electron chi connectivity index (χ1n) is 6.53. The van der Waals surface area contributed by atoms with Crippen molar-refractivity contribution < 1.29 is 5.11 Å². The lowest BCUT2D eigenvalue weighted by atomic mass is 10.1. The highest BCUT2D eigenvalue weighted by molar-refractivity contribution is 6.02. The van der Waals surface area contributed by atoms with Crippen LogP contribution in [0.25, 0.3) is 10.9 Å². The van der Waals surface area contributed by atoms with Gasteiger partial charge in [-0.15, -0.1) is 0 Å². The first-order valence-corrected chi connectivity index (χ1v) is 6.53. The van der Waals surface area contributed by atoms with Crippen LogP contribution in [0.3, 0.4) is 0 Å². The Hall–Kier alpha value is -1.77. The van der Waals surface area contributed by atoms with E-state index in [9.17, 15) is 5.11 Å². The number of hydrogen-bond donors (Lipinski definition) is 2. The number of aromatic hydroxyl groups is 1. The number of aliphatic imine (C=N–C) groups is 1. The molecule has 0 aliphatic rings. The van der Waals surface area contributed by atoms with E-state index in [1.165, 1.54) is 18.4 Å². The third-order valence-electron chi connectivity index (χ3n) is 3.08. The quantitative estimate of drug-likeness (QED) is 0.610. The van der Waals surface area contributed by atoms with Crippen molar-refractivity contribution in [3.8, 4) is 5.88 Å². The van der Waals surface area contributed by atoms with Crippen LogP contribution < -0.4 is 0 Å². The standard InChI is InChI=1S/C15H20N2O/c1-3-4-5-8-16-10-13-12-7-6-11(2)9-14(12)17-15(13)18/h6-7,9-10,17-18H,3-5,8H2,1-2H3. The van der Waals surface area contributed by atoms with E-state index < -0.39 is 0 Å². The second kappa shape index (κ2) is 5.71. The molecule has 2 rings (SSSR count). The van der Waals surface area contributed by atoms with Crippen molar-refractivity contribution in [2.75, 3.05) is 6.54 Å². The predicted octanol–water partition coefficient (Wildman–Crippen LogP) is 3.79. The van der Waals surface area contributed by atoms with E-state index in [0.717, 1.165) is 29.4 Å². The number of nitrogens with one attached hydrogen (secondary N) is 1. The van der Waals surface area contributed by atoms with E-state index in [-0.39, 0.29) is 5.88 Å². The lowest BCUT2D eigenvalue weighted by Gasteiger charge is -1.95. The molecule has 0 radical (unpaired) electrons. The monoisotopic (exact) mass is 244 g/mol. The Kier molecular flexibility index (Phi) is 4.03. The molecule has 0 bridgehead atoms. The van der Waals surface area contributed by atoms with Gasteiger partial charge in [-0.1, -0.05) is 31.9 Å². The fourth-order valence-corrected chi connectivity index (χ4v) is 2.06. The van der Waals surface area contributed by atoms with Crippen LogP contribution >= 0.6 is 0 Å². The Morgan fingerprint density at radius 2 is 2.17 bits per heavy atom. The minimum atomic E-state index is 0.204. The summed E-state index contributed by atoms with van der Waals surface area (Å²) in [7, 11) is 0. The van der Waals surface area contributed by atoms with Crippen molar-refractivity contribution in [3.63, 3.8) is 0 Å². The number of rotatable bonds is 5. The molecule has 0 aliphatic heterocycles. The molecule has 96 valence electrons. The van der Waals surface area contributed by atoms with Crippen molar-refractivity contribution >= 4 is 17.1 Å². The van der Waals surface area contributed by atoms with Crippen LogP contribution in [0.2, 0.25) is 0 Å². The van der Waals surface area contributed by atoms with Gasteiger partial charge >= 0.3 is 0 Å². The van der Waals surface area contributed by atoms with Crippen LogP contribution in [0.4, 0.5) is 0 Å². The van der Waals surface area contributed by atoms with E-state index in [0.29, 0.717) is 0 Å². The molecule has 0 aliphatic carbocycles. The van der Waals surface area contributed by atoms with Crippen molar-refractivity contribution in [3.05, 3.63) is 29.3 Å². The van der Waals surface area contributed by atoms with Crippen LogP contribution in [-0.4, -0.2) is 22.8 Å². The van der Waals surface area contributed by atoms with Crippen LogP contribution in [0.15, 0.2) is 23.2 Å². The van der Waals surface area contributed by atoms with Gasteiger partial charge in [-0.3, -0.25) is 4.99 Å². The van der Waals surface area contributed by atoms with Gasteiger partial charge < -0.3 is 10.1 Å². The molecule has 1 aromatic carbocycles. The fourth-order valence-electron chi connectivity index (χ4n) is 2.06. The molecule has 1 aromatic heterocycles. The molecule has 0 fully saturated rings. The van der Waals surface area contributed by atoms with E-state index in [4.69, 9.17) is 0 Å². The van der Waals surface area contributed by atoms with Gasteiger partial charge in [0, 0.05) is 23.7 Å². The largest absolute Gasteiger partial charge is 0.494 e. The third kappa shape index (κ3) is 2.73. The van der Waals surface area contributed by atoms with Gasteiger partial charge in [-0.05, 0) is 25.0 Å².